The predicted octanol–water partition coefficient (Wildman–Crippen LogP) is 6.91. The quantitative estimate of drug-likeness (QED) is 0.131. The molecule has 2 aromatic rings. The van der Waals surface area contributed by atoms with Gasteiger partial charge >= 0.3 is 12.1 Å². The number of carbonyl (C=O) groups excluding carboxylic acids is 4. The Morgan fingerprint density at radius 2 is 1.44 bits per heavy atom. The molecule has 10 nitrogen and oxygen atoms in total. The molecular weight excluding hydrogens is 610 g/mol. The Balaban J connectivity index is 2.56. The van der Waals surface area contributed by atoms with Crippen molar-refractivity contribution >= 4 is 23.9 Å². The normalized spacial score (nSPS) is 13.5. The van der Waals surface area contributed by atoms with E-state index in [0.717, 1.165) is 37.7 Å². The summed E-state index contributed by atoms with van der Waals surface area (Å²) in [5.41, 5.74) is 0.222. The summed E-state index contributed by atoms with van der Waals surface area (Å²) < 4.78 is 11.1. The van der Waals surface area contributed by atoms with Gasteiger partial charge in [0.05, 0.1) is 0 Å². The number of hydrogen-bond acceptors (Lipinski definition) is 7. The summed E-state index contributed by atoms with van der Waals surface area (Å²) in [6, 6.07) is 10.8. The number of aryl methyl sites for hydroxylation is 1. The number of ether oxygens (including phenoxy) is 2. The molecule has 0 saturated carbocycles. The van der Waals surface area contributed by atoms with Crippen molar-refractivity contribution in [3.05, 3.63) is 65.2 Å². The van der Waals surface area contributed by atoms with Gasteiger partial charge in [-0.3, -0.25) is 9.59 Å². The lowest BCUT2D eigenvalue weighted by atomic mass is 9.98. The minimum atomic E-state index is -1.18. The first-order valence-corrected chi connectivity index (χ1v) is 17.1. The van der Waals surface area contributed by atoms with Crippen LogP contribution in [0.15, 0.2) is 48.5 Å². The highest BCUT2D eigenvalue weighted by molar-refractivity contribution is 5.94. The Bertz CT molecular complexity index is 1350. The lowest BCUT2D eigenvalue weighted by molar-refractivity contribution is -0.159. The molecule has 3 amide bonds. The number of phenols is 1. The molecule has 0 aliphatic carbocycles. The summed E-state index contributed by atoms with van der Waals surface area (Å²) in [6.45, 7) is 16.1. The third-order valence-corrected chi connectivity index (χ3v) is 7.53. The van der Waals surface area contributed by atoms with Crippen LogP contribution in [0.2, 0.25) is 0 Å². The van der Waals surface area contributed by atoms with Gasteiger partial charge in [-0.15, -0.1) is 0 Å². The zero-order valence-electron chi connectivity index (χ0n) is 30.4. The Labute approximate surface area is 287 Å². The van der Waals surface area contributed by atoms with Crippen LogP contribution in [0.4, 0.5) is 4.79 Å². The monoisotopic (exact) mass is 667 g/mol. The van der Waals surface area contributed by atoms with Crippen molar-refractivity contribution in [2.24, 2.45) is 0 Å². The number of rotatable bonds is 16. The van der Waals surface area contributed by atoms with Crippen LogP contribution in [0, 0.1) is 6.92 Å². The lowest BCUT2D eigenvalue weighted by Gasteiger charge is -2.35. The zero-order chi connectivity index (χ0) is 36.1. The molecule has 0 aromatic heterocycles. The highest BCUT2D eigenvalue weighted by Crippen LogP contribution is 2.28. The van der Waals surface area contributed by atoms with Crippen LogP contribution >= 0.6 is 0 Å². The molecule has 3 N–H and O–H groups in total. The van der Waals surface area contributed by atoms with Gasteiger partial charge in [-0.2, -0.15) is 0 Å². The summed E-state index contributed by atoms with van der Waals surface area (Å²) in [5, 5.41) is 15.8. The van der Waals surface area contributed by atoms with Crippen molar-refractivity contribution in [1.82, 2.24) is 15.5 Å². The van der Waals surface area contributed by atoms with Crippen LogP contribution in [0.5, 0.6) is 5.75 Å². The molecule has 0 aliphatic rings. The first-order valence-electron chi connectivity index (χ1n) is 17.1. The maximum Gasteiger partial charge on any atom is 0.408 e. The summed E-state index contributed by atoms with van der Waals surface area (Å²) in [4.78, 5) is 56.3. The fraction of sp³-hybridized carbons (Fsp3) is 0.579. The number of amides is 3. The van der Waals surface area contributed by atoms with E-state index < -0.39 is 53.2 Å². The van der Waals surface area contributed by atoms with Gasteiger partial charge in [0.2, 0.25) is 11.8 Å². The molecule has 3 unspecified atom stereocenters. The SMILES string of the molecule is CCCCCCCCN(C(=O)C(C)NC(=O)OC(C)(C)C)C(C(=O)NC(Cc1ccccc1)C(=O)OC(C)(C)C)c1ccc(O)c(C)c1. The van der Waals surface area contributed by atoms with Crippen molar-refractivity contribution < 1.29 is 33.8 Å². The number of benzene rings is 2. The third kappa shape index (κ3) is 14.0. The molecule has 0 heterocycles. The van der Waals surface area contributed by atoms with Gasteiger partial charge in [0.25, 0.3) is 0 Å². The fourth-order valence-corrected chi connectivity index (χ4v) is 5.21. The number of phenolic OH excluding ortho intramolecular Hbond substituents is 1. The summed E-state index contributed by atoms with van der Waals surface area (Å²) in [7, 11) is 0. The molecule has 0 bridgehead atoms. The molecule has 48 heavy (non-hydrogen) atoms. The second kappa shape index (κ2) is 18.5. The van der Waals surface area contributed by atoms with E-state index in [1.54, 1.807) is 67.5 Å². The molecule has 2 rings (SSSR count). The van der Waals surface area contributed by atoms with Crippen LogP contribution in [0.3, 0.4) is 0 Å². The number of carbonyl (C=O) groups is 4. The van der Waals surface area contributed by atoms with E-state index in [4.69, 9.17) is 9.47 Å². The Hall–Kier alpha value is -4.08. The Morgan fingerprint density at radius 3 is 2.02 bits per heavy atom. The largest absolute Gasteiger partial charge is 0.508 e. The number of hydrogen-bond donors (Lipinski definition) is 3. The van der Waals surface area contributed by atoms with Crippen LogP contribution < -0.4 is 10.6 Å². The molecule has 0 aliphatic heterocycles. The van der Waals surface area contributed by atoms with E-state index in [1.165, 1.54) is 11.0 Å². The van der Waals surface area contributed by atoms with Crippen molar-refractivity contribution in [1.29, 1.82) is 0 Å². The number of unbranched alkanes of at least 4 members (excludes halogenated alkanes) is 5. The van der Waals surface area contributed by atoms with Crippen LogP contribution in [-0.4, -0.2) is 63.7 Å². The predicted molar refractivity (Wildman–Crippen MR) is 187 cm³/mol. The summed E-state index contributed by atoms with van der Waals surface area (Å²) >= 11 is 0. The molecule has 266 valence electrons. The van der Waals surface area contributed by atoms with E-state index in [-0.39, 0.29) is 18.7 Å². The van der Waals surface area contributed by atoms with E-state index in [1.807, 2.05) is 30.3 Å². The van der Waals surface area contributed by atoms with E-state index in [2.05, 4.69) is 17.6 Å². The van der Waals surface area contributed by atoms with Gasteiger partial charge in [-0.25, -0.2) is 9.59 Å². The Kier molecular flexibility index (Phi) is 15.4. The first-order chi connectivity index (χ1) is 22.4. The van der Waals surface area contributed by atoms with E-state index in [0.29, 0.717) is 17.5 Å². The van der Waals surface area contributed by atoms with Crippen LogP contribution in [0.1, 0.15) is 117 Å². The van der Waals surface area contributed by atoms with Gasteiger partial charge in [-0.1, -0.05) is 75.4 Å². The molecule has 0 fully saturated rings. The van der Waals surface area contributed by atoms with Gasteiger partial charge in [0.1, 0.15) is 35.1 Å². The molecule has 0 spiro atoms. The topological polar surface area (TPSA) is 134 Å². The summed E-state index contributed by atoms with van der Waals surface area (Å²) in [6.07, 6.45) is 5.15. The average molecular weight is 668 g/mol. The first kappa shape index (κ1) is 40.1. The average Bonchev–Trinajstić information content (AvgIpc) is 2.97. The second-order valence-electron chi connectivity index (χ2n) is 14.4. The lowest BCUT2D eigenvalue weighted by Crippen LogP contribution is -2.54. The molecule has 3 atom stereocenters. The number of nitrogens with zero attached hydrogens (tertiary/aromatic N) is 1. The van der Waals surface area contributed by atoms with Crippen molar-refractivity contribution in [3.63, 3.8) is 0 Å². The van der Waals surface area contributed by atoms with Crippen LogP contribution in [0.25, 0.3) is 0 Å². The molecular formula is C38H57N3O7. The highest BCUT2D eigenvalue weighted by atomic mass is 16.6. The van der Waals surface area contributed by atoms with Crippen molar-refractivity contribution in [2.75, 3.05) is 6.54 Å². The minimum Gasteiger partial charge on any atom is -0.508 e. The molecule has 0 radical (unpaired) electrons. The van der Waals surface area contributed by atoms with Gasteiger partial charge in [0.15, 0.2) is 0 Å². The fourth-order valence-electron chi connectivity index (χ4n) is 5.21. The summed E-state index contributed by atoms with van der Waals surface area (Å²) in [5.74, 6) is -1.63. The standard InChI is InChI=1S/C38H57N3O7/c1-10-11-12-13-14-18-23-41(34(44)27(3)39-36(46)48-38(7,8)9)32(29-21-22-31(42)26(2)24-29)33(43)40-30(35(45)47-37(4,5)6)25-28-19-16-15-17-20-28/h15-17,19-22,24,27,30,32,42H,10-14,18,23,25H2,1-9H3,(H,39,46)(H,40,43). The maximum atomic E-state index is 14.5. The number of esters is 1. The molecule has 10 heteroatoms. The zero-order valence-corrected chi connectivity index (χ0v) is 30.4. The van der Waals surface area contributed by atoms with E-state index in [9.17, 15) is 24.3 Å². The van der Waals surface area contributed by atoms with Crippen molar-refractivity contribution in [2.45, 2.75) is 137 Å². The second-order valence-corrected chi connectivity index (χ2v) is 14.4. The van der Waals surface area contributed by atoms with Gasteiger partial charge < -0.3 is 30.1 Å². The molecule has 0 saturated heterocycles. The number of aromatic hydroxyl groups is 1. The third-order valence-electron chi connectivity index (χ3n) is 7.53. The van der Waals surface area contributed by atoms with Crippen molar-refractivity contribution in [3.8, 4) is 5.75 Å². The van der Waals surface area contributed by atoms with E-state index >= 15 is 0 Å². The highest BCUT2D eigenvalue weighted by Gasteiger charge is 2.37. The number of nitrogens with one attached hydrogen (secondary N) is 2. The molecule has 2 aromatic carbocycles. The minimum absolute atomic E-state index is 0.0439. The Morgan fingerprint density at radius 1 is 0.833 bits per heavy atom. The van der Waals surface area contributed by atoms with Gasteiger partial charge in [0, 0.05) is 13.0 Å². The number of alkyl carbamates (subject to hydrolysis) is 1. The van der Waals surface area contributed by atoms with Crippen LogP contribution in [-0.2, 0) is 30.3 Å². The van der Waals surface area contributed by atoms with Gasteiger partial charge in [-0.05, 0) is 90.6 Å². The smallest absolute Gasteiger partial charge is 0.408 e. The maximum absolute atomic E-state index is 14.5.